The number of carbonyl (C=O) groups is 1. The third-order valence-electron chi connectivity index (χ3n) is 3.06. The number of nitrogens with one attached hydrogen (secondary N) is 1. The van der Waals surface area contributed by atoms with Gasteiger partial charge in [0.15, 0.2) is 0 Å². The number of amides is 1. The Morgan fingerprint density at radius 2 is 1.82 bits per heavy atom. The molecule has 1 amide bonds. The van der Waals surface area contributed by atoms with Gasteiger partial charge in [-0.05, 0) is 19.2 Å². The molecular formula is C13H19N3O. The average Bonchev–Trinajstić information content (AvgIpc) is 2.30. The lowest BCUT2D eigenvalue weighted by Gasteiger charge is -2.35. The van der Waals surface area contributed by atoms with Crippen LogP contribution < -0.4 is 10.2 Å². The minimum Gasteiger partial charge on any atom is -0.367 e. The molecule has 1 N–H and O–H groups in total. The second-order valence-corrected chi connectivity index (χ2v) is 4.49. The fourth-order valence-corrected chi connectivity index (χ4v) is 2.09. The Labute approximate surface area is 102 Å². The van der Waals surface area contributed by atoms with Crippen LogP contribution in [0.15, 0.2) is 24.3 Å². The molecule has 4 nitrogen and oxygen atoms in total. The molecule has 1 fully saturated rings. The van der Waals surface area contributed by atoms with Gasteiger partial charge in [-0.2, -0.15) is 0 Å². The van der Waals surface area contributed by atoms with Gasteiger partial charge in [-0.25, -0.2) is 0 Å². The topological polar surface area (TPSA) is 35.6 Å². The molecule has 2 rings (SSSR count). The van der Waals surface area contributed by atoms with E-state index in [9.17, 15) is 4.79 Å². The van der Waals surface area contributed by atoms with Crippen LogP contribution in [0, 0.1) is 0 Å². The smallest absolute Gasteiger partial charge is 0.221 e. The Balaban J connectivity index is 2.16. The number of nitrogens with zero attached hydrogens (tertiary/aromatic N) is 2. The predicted molar refractivity (Wildman–Crippen MR) is 70.5 cm³/mol. The first-order valence-corrected chi connectivity index (χ1v) is 5.97. The number of carbonyl (C=O) groups excluding carboxylic acids is 1. The fraction of sp³-hybridized carbons (Fsp3) is 0.462. The van der Waals surface area contributed by atoms with Crippen LogP contribution in [0.3, 0.4) is 0 Å². The fourth-order valence-electron chi connectivity index (χ4n) is 2.09. The van der Waals surface area contributed by atoms with Crippen LogP contribution in [-0.2, 0) is 4.79 Å². The summed E-state index contributed by atoms with van der Waals surface area (Å²) >= 11 is 0. The molecule has 0 aromatic heterocycles. The highest BCUT2D eigenvalue weighted by atomic mass is 16.1. The van der Waals surface area contributed by atoms with Crippen LogP contribution in [0.5, 0.6) is 0 Å². The Bertz CT molecular complexity index is 397. The van der Waals surface area contributed by atoms with Crippen molar-refractivity contribution in [1.82, 2.24) is 4.90 Å². The van der Waals surface area contributed by atoms with Crippen LogP contribution in [0.2, 0.25) is 0 Å². The van der Waals surface area contributed by atoms with Crippen molar-refractivity contribution in [2.75, 3.05) is 43.4 Å². The van der Waals surface area contributed by atoms with E-state index in [1.807, 2.05) is 18.2 Å². The molecule has 17 heavy (non-hydrogen) atoms. The summed E-state index contributed by atoms with van der Waals surface area (Å²) < 4.78 is 0. The molecule has 0 unspecified atom stereocenters. The second kappa shape index (κ2) is 5.19. The van der Waals surface area contributed by atoms with E-state index in [4.69, 9.17) is 0 Å². The summed E-state index contributed by atoms with van der Waals surface area (Å²) in [5, 5.41) is 2.89. The van der Waals surface area contributed by atoms with Gasteiger partial charge in [-0.3, -0.25) is 4.79 Å². The molecule has 1 heterocycles. The van der Waals surface area contributed by atoms with Crippen molar-refractivity contribution in [1.29, 1.82) is 0 Å². The minimum atomic E-state index is -0.0217. The van der Waals surface area contributed by atoms with E-state index in [2.05, 4.69) is 28.2 Å². The third-order valence-corrected chi connectivity index (χ3v) is 3.06. The number of hydrogen-bond donors (Lipinski definition) is 1. The Morgan fingerprint density at radius 1 is 1.18 bits per heavy atom. The van der Waals surface area contributed by atoms with Crippen LogP contribution >= 0.6 is 0 Å². The average molecular weight is 233 g/mol. The Hall–Kier alpha value is -1.55. The first-order chi connectivity index (χ1) is 8.16. The van der Waals surface area contributed by atoms with E-state index in [1.54, 1.807) is 6.92 Å². The SMILES string of the molecule is CC(=O)Nc1ccccc1N1CCN(C)CC1. The molecule has 0 spiro atoms. The van der Waals surface area contributed by atoms with Crippen LogP contribution in [0.1, 0.15) is 6.92 Å². The van der Waals surface area contributed by atoms with Crippen molar-refractivity contribution in [3.8, 4) is 0 Å². The highest BCUT2D eigenvalue weighted by molar-refractivity contribution is 5.92. The number of hydrogen-bond acceptors (Lipinski definition) is 3. The Kier molecular flexibility index (Phi) is 3.64. The summed E-state index contributed by atoms with van der Waals surface area (Å²) in [4.78, 5) is 15.8. The molecule has 0 saturated carbocycles. The molecule has 0 bridgehead atoms. The van der Waals surface area contributed by atoms with Gasteiger partial charge in [0, 0.05) is 33.1 Å². The molecule has 1 saturated heterocycles. The van der Waals surface area contributed by atoms with Gasteiger partial charge in [-0.1, -0.05) is 12.1 Å². The minimum absolute atomic E-state index is 0.0217. The predicted octanol–water partition coefficient (Wildman–Crippen LogP) is 1.40. The van der Waals surface area contributed by atoms with E-state index in [0.717, 1.165) is 37.6 Å². The molecule has 1 aromatic rings. The highest BCUT2D eigenvalue weighted by Crippen LogP contribution is 2.26. The summed E-state index contributed by atoms with van der Waals surface area (Å²) in [6.07, 6.45) is 0. The van der Waals surface area contributed by atoms with Crippen LogP contribution in [0.25, 0.3) is 0 Å². The van der Waals surface area contributed by atoms with Crippen molar-refractivity contribution < 1.29 is 4.79 Å². The third kappa shape index (κ3) is 2.97. The van der Waals surface area contributed by atoms with Gasteiger partial charge in [-0.15, -0.1) is 0 Å². The first-order valence-electron chi connectivity index (χ1n) is 5.97. The molecule has 0 radical (unpaired) electrons. The quantitative estimate of drug-likeness (QED) is 0.838. The van der Waals surface area contributed by atoms with Gasteiger partial charge in [0.1, 0.15) is 0 Å². The lowest BCUT2D eigenvalue weighted by atomic mass is 10.2. The van der Waals surface area contributed by atoms with E-state index in [1.165, 1.54) is 0 Å². The molecule has 4 heteroatoms. The maximum absolute atomic E-state index is 11.2. The van der Waals surface area contributed by atoms with Crippen molar-refractivity contribution in [2.45, 2.75) is 6.92 Å². The van der Waals surface area contributed by atoms with Crippen LogP contribution in [-0.4, -0.2) is 44.0 Å². The van der Waals surface area contributed by atoms with Crippen molar-refractivity contribution in [3.63, 3.8) is 0 Å². The van der Waals surface area contributed by atoms with Crippen molar-refractivity contribution in [2.24, 2.45) is 0 Å². The lowest BCUT2D eigenvalue weighted by molar-refractivity contribution is -0.114. The largest absolute Gasteiger partial charge is 0.367 e. The molecule has 92 valence electrons. The summed E-state index contributed by atoms with van der Waals surface area (Å²) in [5.41, 5.74) is 2.03. The number of rotatable bonds is 2. The number of likely N-dealkylation sites (N-methyl/N-ethyl adjacent to an activating group) is 1. The van der Waals surface area contributed by atoms with E-state index in [0.29, 0.717) is 0 Å². The zero-order valence-corrected chi connectivity index (χ0v) is 10.4. The lowest BCUT2D eigenvalue weighted by Crippen LogP contribution is -2.44. The Morgan fingerprint density at radius 3 is 2.47 bits per heavy atom. The van der Waals surface area contributed by atoms with Crippen LogP contribution in [0.4, 0.5) is 11.4 Å². The first kappa shape index (κ1) is 11.9. The maximum atomic E-state index is 11.2. The summed E-state index contributed by atoms with van der Waals surface area (Å²) in [5.74, 6) is -0.0217. The summed E-state index contributed by atoms with van der Waals surface area (Å²) in [7, 11) is 2.14. The van der Waals surface area contributed by atoms with E-state index >= 15 is 0 Å². The molecule has 1 aromatic carbocycles. The standard InChI is InChI=1S/C13H19N3O/c1-11(17)14-12-5-3-4-6-13(12)16-9-7-15(2)8-10-16/h3-6H,7-10H2,1-2H3,(H,14,17). The molecule has 0 atom stereocenters. The molecule has 0 aliphatic carbocycles. The molecule has 1 aliphatic heterocycles. The number of para-hydroxylation sites is 2. The zero-order valence-electron chi connectivity index (χ0n) is 10.4. The monoisotopic (exact) mass is 233 g/mol. The number of benzene rings is 1. The second-order valence-electron chi connectivity index (χ2n) is 4.49. The summed E-state index contributed by atoms with van der Waals surface area (Å²) in [6, 6.07) is 7.98. The normalized spacial score (nSPS) is 16.9. The van der Waals surface area contributed by atoms with Gasteiger partial charge >= 0.3 is 0 Å². The molecule has 1 aliphatic rings. The van der Waals surface area contributed by atoms with Gasteiger partial charge in [0.2, 0.25) is 5.91 Å². The number of piperazine rings is 1. The maximum Gasteiger partial charge on any atom is 0.221 e. The highest BCUT2D eigenvalue weighted by Gasteiger charge is 2.16. The molecular weight excluding hydrogens is 214 g/mol. The van der Waals surface area contributed by atoms with Gasteiger partial charge in [0.05, 0.1) is 11.4 Å². The number of anilines is 2. The van der Waals surface area contributed by atoms with Gasteiger partial charge in [0.25, 0.3) is 0 Å². The summed E-state index contributed by atoms with van der Waals surface area (Å²) in [6.45, 7) is 5.68. The van der Waals surface area contributed by atoms with Gasteiger partial charge < -0.3 is 15.1 Å². The van der Waals surface area contributed by atoms with E-state index < -0.39 is 0 Å². The van der Waals surface area contributed by atoms with E-state index in [-0.39, 0.29) is 5.91 Å². The van der Waals surface area contributed by atoms with Crippen molar-refractivity contribution >= 4 is 17.3 Å². The zero-order chi connectivity index (χ0) is 12.3. The van der Waals surface area contributed by atoms with Crippen molar-refractivity contribution in [3.05, 3.63) is 24.3 Å².